The van der Waals surface area contributed by atoms with Gasteiger partial charge in [0.25, 0.3) is 0 Å². The van der Waals surface area contributed by atoms with Crippen LogP contribution in [0.2, 0.25) is 0 Å². The molecule has 3 heteroatoms. The second-order valence-corrected chi connectivity index (χ2v) is 3.58. The van der Waals surface area contributed by atoms with Gasteiger partial charge in [-0.3, -0.25) is 0 Å². The molecule has 1 unspecified atom stereocenters. The topological polar surface area (TPSA) is 44.5 Å². The van der Waals surface area contributed by atoms with E-state index in [1.165, 1.54) is 5.56 Å². The van der Waals surface area contributed by atoms with Crippen LogP contribution in [-0.2, 0) is 11.2 Å². The highest BCUT2D eigenvalue weighted by atomic mass is 16.5. The lowest BCUT2D eigenvalue weighted by Crippen LogP contribution is -2.16. The van der Waals surface area contributed by atoms with Gasteiger partial charge in [-0.05, 0) is 31.0 Å². The van der Waals surface area contributed by atoms with E-state index in [0.717, 1.165) is 12.2 Å². The molecule has 0 aromatic heterocycles. The molecule has 0 spiro atoms. The van der Waals surface area contributed by atoms with Crippen LogP contribution < -0.4 is 10.5 Å². The van der Waals surface area contributed by atoms with Crippen molar-refractivity contribution in [1.82, 2.24) is 0 Å². The third-order valence-corrected chi connectivity index (χ3v) is 2.36. The summed E-state index contributed by atoms with van der Waals surface area (Å²) >= 11 is 0. The zero-order valence-electron chi connectivity index (χ0n) is 9.62. The molecule has 0 amide bonds. The normalized spacial score (nSPS) is 12.5. The van der Waals surface area contributed by atoms with Crippen LogP contribution >= 0.6 is 0 Å². The molecule has 1 aromatic carbocycles. The number of benzene rings is 1. The fraction of sp³-hybridized carbons (Fsp3) is 0.500. The summed E-state index contributed by atoms with van der Waals surface area (Å²) in [7, 11) is 1.66. The van der Waals surface area contributed by atoms with Gasteiger partial charge in [-0.15, -0.1) is 0 Å². The summed E-state index contributed by atoms with van der Waals surface area (Å²) < 4.78 is 10.6. The number of nitrogen functional groups attached to an aromatic ring is 1. The Morgan fingerprint density at radius 2 is 2.13 bits per heavy atom. The highest BCUT2D eigenvalue weighted by Gasteiger charge is 2.04. The Labute approximate surface area is 91.2 Å². The third kappa shape index (κ3) is 3.44. The van der Waals surface area contributed by atoms with Crippen LogP contribution in [0.4, 0.5) is 5.69 Å². The number of hydrogen-bond donors (Lipinski definition) is 1. The summed E-state index contributed by atoms with van der Waals surface area (Å²) in [6, 6.07) is 5.90. The molecule has 0 radical (unpaired) electrons. The van der Waals surface area contributed by atoms with E-state index in [2.05, 4.69) is 6.92 Å². The first-order valence-electron chi connectivity index (χ1n) is 5.21. The Balaban J connectivity index is 2.62. The van der Waals surface area contributed by atoms with Gasteiger partial charge >= 0.3 is 0 Å². The molecule has 1 aromatic rings. The fourth-order valence-electron chi connectivity index (χ4n) is 1.22. The average molecular weight is 209 g/mol. The number of aryl methyl sites for hydroxylation is 1. The molecule has 0 fully saturated rings. The van der Waals surface area contributed by atoms with E-state index in [4.69, 9.17) is 15.2 Å². The lowest BCUT2D eigenvalue weighted by atomic mass is 10.1. The zero-order valence-corrected chi connectivity index (χ0v) is 9.62. The maximum atomic E-state index is 5.86. The van der Waals surface area contributed by atoms with Crippen molar-refractivity contribution in [2.45, 2.75) is 26.4 Å². The van der Waals surface area contributed by atoms with Crippen molar-refractivity contribution >= 4 is 5.69 Å². The summed E-state index contributed by atoms with van der Waals surface area (Å²) in [5, 5.41) is 0. The maximum absolute atomic E-state index is 5.86. The van der Waals surface area contributed by atoms with Crippen LogP contribution in [0.5, 0.6) is 5.75 Å². The summed E-state index contributed by atoms with van der Waals surface area (Å²) in [6.45, 7) is 4.57. The molecule has 1 rings (SSSR count). The Bertz CT molecular complexity index is 312. The van der Waals surface area contributed by atoms with Gasteiger partial charge in [0.15, 0.2) is 0 Å². The molecule has 3 nitrogen and oxygen atoms in total. The Hall–Kier alpha value is -1.22. The van der Waals surface area contributed by atoms with E-state index >= 15 is 0 Å². The highest BCUT2D eigenvalue weighted by Crippen LogP contribution is 2.22. The lowest BCUT2D eigenvalue weighted by Gasteiger charge is -2.13. The number of rotatable bonds is 5. The molecule has 1 atom stereocenters. The molecule has 0 aliphatic rings. The van der Waals surface area contributed by atoms with Crippen molar-refractivity contribution in [2.24, 2.45) is 0 Å². The third-order valence-electron chi connectivity index (χ3n) is 2.36. The van der Waals surface area contributed by atoms with Crippen molar-refractivity contribution in [1.29, 1.82) is 0 Å². The Morgan fingerprint density at radius 1 is 1.40 bits per heavy atom. The standard InChI is InChI=1S/C12H19NO2/c1-4-10-5-6-12(11(13)7-10)15-8-9(2)14-3/h5-7,9H,4,8,13H2,1-3H3. The molecular weight excluding hydrogens is 190 g/mol. The van der Waals surface area contributed by atoms with E-state index in [0.29, 0.717) is 12.3 Å². The smallest absolute Gasteiger partial charge is 0.142 e. The number of anilines is 1. The molecule has 0 heterocycles. The highest BCUT2D eigenvalue weighted by molar-refractivity contribution is 5.54. The van der Waals surface area contributed by atoms with E-state index in [-0.39, 0.29) is 6.10 Å². The minimum absolute atomic E-state index is 0.0789. The average Bonchev–Trinajstić information content (AvgIpc) is 2.26. The van der Waals surface area contributed by atoms with Gasteiger partial charge in [-0.1, -0.05) is 13.0 Å². The van der Waals surface area contributed by atoms with Crippen molar-refractivity contribution in [2.75, 3.05) is 19.5 Å². The van der Waals surface area contributed by atoms with E-state index < -0.39 is 0 Å². The molecule has 0 aliphatic heterocycles. The van der Waals surface area contributed by atoms with Crippen LogP contribution in [0.3, 0.4) is 0 Å². The van der Waals surface area contributed by atoms with Crippen LogP contribution in [0, 0.1) is 0 Å². The van der Waals surface area contributed by atoms with Gasteiger partial charge in [0.2, 0.25) is 0 Å². The molecule has 0 bridgehead atoms. The number of hydrogen-bond acceptors (Lipinski definition) is 3. The van der Waals surface area contributed by atoms with Crippen molar-refractivity contribution in [3.05, 3.63) is 23.8 Å². The molecule has 0 aliphatic carbocycles. The number of nitrogens with two attached hydrogens (primary N) is 1. The predicted molar refractivity (Wildman–Crippen MR) is 62.2 cm³/mol. The number of methoxy groups -OCH3 is 1. The van der Waals surface area contributed by atoms with Crippen molar-refractivity contribution in [3.63, 3.8) is 0 Å². The SMILES string of the molecule is CCc1ccc(OCC(C)OC)c(N)c1. The quantitative estimate of drug-likeness (QED) is 0.756. The molecule has 2 N–H and O–H groups in total. The minimum atomic E-state index is 0.0789. The molecule has 0 saturated heterocycles. The maximum Gasteiger partial charge on any atom is 0.142 e. The predicted octanol–water partition coefficient (Wildman–Crippen LogP) is 2.24. The van der Waals surface area contributed by atoms with Gasteiger partial charge < -0.3 is 15.2 Å². The second kappa shape index (κ2) is 5.61. The largest absolute Gasteiger partial charge is 0.489 e. The van der Waals surface area contributed by atoms with Gasteiger partial charge in [-0.2, -0.15) is 0 Å². The summed E-state index contributed by atoms with van der Waals surface area (Å²) in [5.74, 6) is 0.733. The van der Waals surface area contributed by atoms with Gasteiger partial charge in [0.1, 0.15) is 12.4 Å². The van der Waals surface area contributed by atoms with E-state index in [1.807, 2.05) is 25.1 Å². The second-order valence-electron chi connectivity index (χ2n) is 3.58. The van der Waals surface area contributed by atoms with Crippen LogP contribution in [0.15, 0.2) is 18.2 Å². The monoisotopic (exact) mass is 209 g/mol. The van der Waals surface area contributed by atoms with Gasteiger partial charge in [-0.25, -0.2) is 0 Å². The Kier molecular flexibility index (Phi) is 4.43. The summed E-state index contributed by atoms with van der Waals surface area (Å²) in [6.07, 6.45) is 1.06. The Morgan fingerprint density at radius 3 is 2.67 bits per heavy atom. The minimum Gasteiger partial charge on any atom is -0.489 e. The van der Waals surface area contributed by atoms with Crippen LogP contribution in [0.25, 0.3) is 0 Å². The fourth-order valence-corrected chi connectivity index (χ4v) is 1.22. The van der Waals surface area contributed by atoms with E-state index in [9.17, 15) is 0 Å². The van der Waals surface area contributed by atoms with Gasteiger partial charge in [0.05, 0.1) is 11.8 Å². The number of ether oxygens (including phenoxy) is 2. The first kappa shape index (κ1) is 11.9. The van der Waals surface area contributed by atoms with Crippen LogP contribution in [-0.4, -0.2) is 19.8 Å². The first-order chi connectivity index (χ1) is 7.17. The zero-order chi connectivity index (χ0) is 11.3. The van der Waals surface area contributed by atoms with Crippen molar-refractivity contribution in [3.8, 4) is 5.75 Å². The molecular formula is C12H19NO2. The van der Waals surface area contributed by atoms with Gasteiger partial charge in [0, 0.05) is 7.11 Å². The molecule has 0 saturated carbocycles. The molecule has 15 heavy (non-hydrogen) atoms. The summed E-state index contributed by atoms with van der Waals surface area (Å²) in [5.41, 5.74) is 7.77. The van der Waals surface area contributed by atoms with E-state index in [1.54, 1.807) is 7.11 Å². The first-order valence-corrected chi connectivity index (χ1v) is 5.21. The van der Waals surface area contributed by atoms with Crippen molar-refractivity contribution < 1.29 is 9.47 Å². The summed E-state index contributed by atoms with van der Waals surface area (Å²) in [4.78, 5) is 0. The lowest BCUT2D eigenvalue weighted by molar-refractivity contribution is 0.0719. The van der Waals surface area contributed by atoms with Crippen LogP contribution in [0.1, 0.15) is 19.4 Å². The molecule has 84 valence electrons.